The van der Waals surface area contributed by atoms with Gasteiger partial charge in [-0.2, -0.15) is 5.26 Å². The lowest BCUT2D eigenvalue weighted by Gasteiger charge is -2.19. The average Bonchev–Trinajstić information content (AvgIpc) is 3.30. The van der Waals surface area contributed by atoms with Crippen LogP contribution in [0.4, 0.5) is 5.82 Å². The number of rotatable bonds is 7. The number of aromatic nitrogens is 2. The van der Waals surface area contributed by atoms with Gasteiger partial charge >= 0.3 is 5.97 Å². The molecule has 7 nitrogen and oxygen atoms in total. The summed E-state index contributed by atoms with van der Waals surface area (Å²) in [5, 5.41) is 13.4. The minimum atomic E-state index is -0.542. The highest BCUT2D eigenvalue weighted by Gasteiger charge is 2.18. The zero-order chi connectivity index (χ0) is 22.4. The summed E-state index contributed by atoms with van der Waals surface area (Å²) in [5.41, 5.74) is 2.99. The molecule has 0 unspecified atom stereocenters. The van der Waals surface area contributed by atoms with Crippen LogP contribution in [0, 0.1) is 11.3 Å². The molecule has 2 heterocycles. The summed E-state index contributed by atoms with van der Waals surface area (Å²) >= 11 is 1.39. The van der Waals surface area contributed by atoms with Gasteiger partial charge in [0.15, 0.2) is 5.16 Å². The number of hydrogen-bond donors (Lipinski definition) is 1. The van der Waals surface area contributed by atoms with Crippen LogP contribution in [0.1, 0.15) is 42.5 Å². The van der Waals surface area contributed by atoms with Crippen molar-refractivity contribution in [3.8, 4) is 17.3 Å². The highest BCUT2D eigenvalue weighted by Crippen LogP contribution is 2.30. The fourth-order valence-electron chi connectivity index (χ4n) is 2.88. The van der Waals surface area contributed by atoms with Crippen LogP contribution in [0.25, 0.3) is 11.3 Å². The number of ether oxygens (including phenoxy) is 1. The molecule has 0 aliphatic heterocycles. The number of furan rings is 1. The van der Waals surface area contributed by atoms with Crippen LogP contribution in [-0.4, -0.2) is 35.3 Å². The Balaban J connectivity index is 1.79. The third kappa shape index (κ3) is 5.44. The first-order valence-corrected chi connectivity index (χ1v) is 11.0. The maximum Gasteiger partial charge on any atom is 0.374 e. The summed E-state index contributed by atoms with van der Waals surface area (Å²) in [5.74, 6) is 0.00984. The Kier molecular flexibility index (Phi) is 6.98. The molecule has 160 valence electrons. The van der Waals surface area contributed by atoms with E-state index < -0.39 is 5.97 Å². The van der Waals surface area contributed by atoms with Gasteiger partial charge in [-0.3, -0.25) is 0 Å². The van der Waals surface area contributed by atoms with Crippen LogP contribution in [0.5, 0.6) is 0 Å². The Bertz CT molecular complexity index is 1080. The molecule has 0 fully saturated rings. The first-order chi connectivity index (χ1) is 14.8. The first-order valence-electron chi connectivity index (χ1n) is 9.75. The van der Waals surface area contributed by atoms with Crippen LogP contribution < -0.4 is 5.32 Å². The fraction of sp³-hybridized carbons (Fsp3) is 0.304. The molecule has 2 aromatic heterocycles. The van der Waals surface area contributed by atoms with Gasteiger partial charge in [0.25, 0.3) is 0 Å². The van der Waals surface area contributed by atoms with E-state index in [0.29, 0.717) is 22.2 Å². The zero-order valence-electron chi connectivity index (χ0n) is 17.9. The maximum atomic E-state index is 11.9. The summed E-state index contributed by atoms with van der Waals surface area (Å²) in [6.45, 7) is 6.84. The number of esters is 1. The minimum absolute atomic E-state index is 0.0342. The summed E-state index contributed by atoms with van der Waals surface area (Å²) < 4.78 is 10.2. The van der Waals surface area contributed by atoms with Crippen molar-refractivity contribution in [1.82, 2.24) is 9.97 Å². The van der Waals surface area contributed by atoms with Crippen LogP contribution in [0.2, 0.25) is 0 Å². The summed E-state index contributed by atoms with van der Waals surface area (Å²) in [7, 11) is 0. The molecule has 1 N–H and O–H groups in total. The van der Waals surface area contributed by atoms with Crippen molar-refractivity contribution in [2.24, 2.45) is 0 Å². The molecule has 0 bridgehead atoms. The van der Waals surface area contributed by atoms with E-state index in [-0.39, 0.29) is 24.3 Å². The van der Waals surface area contributed by atoms with Gasteiger partial charge in [-0.25, -0.2) is 14.8 Å². The molecule has 0 atom stereocenters. The lowest BCUT2D eigenvalue weighted by Crippen LogP contribution is -2.15. The van der Waals surface area contributed by atoms with Crippen LogP contribution in [0.15, 0.2) is 52.2 Å². The lowest BCUT2D eigenvalue weighted by atomic mass is 9.86. The standard InChI is InChI=1S/C23H24N4O3S/c1-23(2,3)16-9-7-15(8-10-16)19-17(14-24)20(27-22(26-19)31-4)25-11-13-30-21(28)18-6-5-12-29-18/h5-10,12H,11,13H2,1-4H3,(H,25,26,27). The quantitative estimate of drug-likeness (QED) is 0.242. The molecule has 3 rings (SSSR count). The van der Waals surface area contributed by atoms with Crippen molar-refractivity contribution < 1.29 is 13.9 Å². The Morgan fingerprint density at radius 2 is 1.97 bits per heavy atom. The molecule has 0 saturated heterocycles. The minimum Gasteiger partial charge on any atom is -0.458 e. The van der Waals surface area contributed by atoms with Crippen molar-refractivity contribution in [3.63, 3.8) is 0 Å². The van der Waals surface area contributed by atoms with Crippen LogP contribution >= 0.6 is 11.8 Å². The van der Waals surface area contributed by atoms with Crippen molar-refractivity contribution in [3.05, 3.63) is 59.5 Å². The monoisotopic (exact) mass is 436 g/mol. The number of carbonyl (C=O) groups is 1. The third-order valence-electron chi connectivity index (χ3n) is 4.56. The molecule has 0 amide bonds. The molecule has 1 aromatic carbocycles. The van der Waals surface area contributed by atoms with E-state index >= 15 is 0 Å². The number of hydrogen-bond acceptors (Lipinski definition) is 8. The van der Waals surface area contributed by atoms with Crippen LogP contribution in [0.3, 0.4) is 0 Å². The number of thioether (sulfide) groups is 1. The molecule has 0 aliphatic carbocycles. The van der Waals surface area contributed by atoms with E-state index in [2.05, 4.69) is 54.3 Å². The Morgan fingerprint density at radius 3 is 2.55 bits per heavy atom. The maximum absolute atomic E-state index is 11.9. The Morgan fingerprint density at radius 1 is 1.23 bits per heavy atom. The first kappa shape index (κ1) is 22.4. The highest BCUT2D eigenvalue weighted by atomic mass is 32.2. The molecular formula is C23H24N4O3S. The summed E-state index contributed by atoms with van der Waals surface area (Å²) in [6, 6.07) is 13.4. The van der Waals surface area contributed by atoms with Crippen molar-refractivity contribution in [2.75, 3.05) is 24.7 Å². The van der Waals surface area contributed by atoms with Gasteiger partial charge in [0.2, 0.25) is 5.76 Å². The second-order valence-corrected chi connectivity index (χ2v) is 8.54. The molecule has 0 saturated carbocycles. The van der Waals surface area contributed by atoms with Crippen molar-refractivity contribution >= 4 is 23.5 Å². The average molecular weight is 437 g/mol. The highest BCUT2D eigenvalue weighted by molar-refractivity contribution is 7.98. The van der Waals surface area contributed by atoms with Gasteiger partial charge in [0.05, 0.1) is 18.5 Å². The molecule has 3 aromatic rings. The molecule has 31 heavy (non-hydrogen) atoms. The zero-order valence-corrected chi connectivity index (χ0v) is 18.7. The predicted octanol–water partition coefficient (Wildman–Crippen LogP) is 4.90. The normalized spacial score (nSPS) is 11.1. The van der Waals surface area contributed by atoms with Gasteiger partial charge in [-0.05, 0) is 29.4 Å². The Hall–Kier alpha value is -3.31. The van der Waals surface area contributed by atoms with E-state index in [9.17, 15) is 10.1 Å². The Labute approximate surface area is 185 Å². The fourth-order valence-corrected chi connectivity index (χ4v) is 3.25. The van der Waals surface area contributed by atoms with E-state index in [0.717, 1.165) is 5.56 Å². The number of benzene rings is 1. The van der Waals surface area contributed by atoms with Gasteiger partial charge in [-0.1, -0.05) is 56.8 Å². The summed E-state index contributed by atoms with van der Waals surface area (Å²) in [4.78, 5) is 20.9. The molecule has 8 heteroatoms. The van der Waals surface area contributed by atoms with Gasteiger partial charge in [0.1, 0.15) is 24.1 Å². The largest absolute Gasteiger partial charge is 0.458 e. The number of nitrogens with zero attached hydrogens (tertiary/aromatic N) is 3. The van der Waals surface area contributed by atoms with Crippen molar-refractivity contribution in [1.29, 1.82) is 5.26 Å². The van der Waals surface area contributed by atoms with E-state index in [1.54, 1.807) is 6.07 Å². The number of anilines is 1. The molecule has 0 aliphatic rings. The van der Waals surface area contributed by atoms with Gasteiger partial charge in [0, 0.05) is 5.56 Å². The summed E-state index contributed by atoms with van der Waals surface area (Å²) in [6.07, 6.45) is 3.29. The van der Waals surface area contributed by atoms with Gasteiger partial charge in [-0.15, -0.1) is 0 Å². The van der Waals surface area contributed by atoms with E-state index in [1.165, 1.54) is 29.7 Å². The van der Waals surface area contributed by atoms with E-state index in [1.807, 2.05) is 18.4 Å². The topological polar surface area (TPSA) is 101 Å². The van der Waals surface area contributed by atoms with Crippen molar-refractivity contribution in [2.45, 2.75) is 31.3 Å². The third-order valence-corrected chi connectivity index (χ3v) is 5.10. The lowest BCUT2D eigenvalue weighted by molar-refractivity contribution is 0.0484. The molecule has 0 radical (unpaired) electrons. The van der Waals surface area contributed by atoms with E-state index in [4.69, 9.17) is 9.15 Å². The SMILES string of the molecule is CSc1nc(NCCOC(=O)c2ccco2)c(C#N)c(-c2ccc(C(C)(C)C)cc2)n1. The number of nitrogens with one attached hydrogen (secondary N) is 1. The van der Waals surface area contributed by atoms with Crippen LogP contribution in [-0.2, 0) is 10.2 Å². The molecular weight excluding hydrogens is 412 g/mol. The second kappa shape index (κ2) is 9.67. The molecule has 0 spiro atoms. The van der Waals surface area contributed by atoms with Gasteiger partial charge < -0.3 is 14.5 Å². The number of carbonyl (C=O) groups excluding carboxylic acids is 1. The predicted molar refractivity (Wildman–Crippen MR) is 120 cm³/mol. The number of nitriles is 1. The smallest absolute Gasteiger partial charge is 0.374 e. The second-order valence-electron chi connectivity index (χ2n) is 7.76.